The largest absolute Gasteiger partial charge is 0.374 e. The van der Waals surface area contributed by atoms with Crippen LogP contribution >= 0.6 is 0 Å². The van der Waals surface area contributed by atoms with Crippen molar-refractivity contribution in [2.75, 3.05) is 6.61 Å². The summed E-state index contributed by atoms with van der Waals surface area (Å²) in [4.78, 5) is 4.15. The average Bonchev–Trinajstić information content (AvgIpc) is 2.57. The normalized spacial score (nSPS) is 14.1. The summed E-state index contributed by atoms with van der Waals surface area (Å²) in [6.07, 6.45) is 2.23. The predicted octanol–water partition coefficient (Wildman–Crippen LogP) is 0.00460. The second kappa shape index (κ2) is 5.38. The van der Waals surface area contributed by atoms with E-state index in [0.717, 1.165) is 5.82 Å². The Morgan fingerprint density at radius 1 is 1.56 bits per heavy atom. The highest BCUT2D eigenvalue weighted by Gasteiger charge is 2.16. The summed E-state index contributed by atoms with van der Waals surface area (Å²) in [5.74, 6) is 6.37. The molecule has 0 amide bonds. The second-order valence-electron chi connectivity index (χ2n) is 4.79. The quantitative estimate of drug-likeness (QED) is 0.547. The zero-order chi connectivity index (χ0) is 12.2. The van der Waals surface area contributed by atoms with Gasteiger partial charge in [0.15, 0.2) is 0 Å². The number of hydrogen-bond donors (Lipinski definition) is 2. The summed E-state index contributed by atoms with van der Waals surface area (Å²) in [5, 5.41) is 4.01. The lowest BCUT2D eigenvalue weighted by atomic mass is 10.1. The minimum absolute atomic E-state index is 0.0436. The molecule has 16 heavy (non-hydrogen) atoms. The van der Waals surface area contributed by atoms with Crippen LogP contribution in [0.1, 0.15) is 26.6 Å². The minimum atomic E-state index is -0.158. The molecule has 0 spiro atoms. The van der Waals surface area contributed by atoms with Crippen molar-refractivity contribution in [3.05, 3.63) is 12.2 Å². The molecule has 92 valence electrons. The van der Waals surface area contributed by atoms with E-state index in [4.69, 9.17) is 10.6 Å². The fourth-order valence-electron chi connectivity index (χ4n) is 1.24. The summed E-state index contributed by atoms with van der Waals surface area (Å²) in [6, 6.07) is 0.0436. The Hall–Kier alpha value is -0.980. The van der Waals surface area contributed by atoms with Gasteiger partial charge >= 0.3 is 0 Å². The van der Waals surface area contributed by atoms with Crippen LogP contribution in [0.25, 0.3) is 0 Å². The van der Waals surface area contributed by atoms with Crippen LogP contribution in [0, 0.1) is 0 Å². The molecule has 0 aliphatic rings. The Balaban J connectivity index is 2.47. The summed E-state index contributed by atoms with van der Waals surface area (Å²) >= 11 is 0. The second-order valence-corrected chi connectivity index (χ2v) is 4.79. The highest BCUT2D eigenvalue weighted by Crippen LogP contribution is 2.08. The molecular weight excluding hydrogens is 206 g/mol. The maximum Gasteiger partial charge on any atom is 0.138 e. The molecule has 0 bridgehead atoms. The molecule has 6 nitrogen and oxygen atoms in total. The predicted molar refractivity (Wildman–Crippen MR) is 61.5 cm³/mol. The molecule has 1 rings (SSSR count). The van der Waals surface area contributed by atoms with Crippen molar-refractivity contribution in [1.29, 1.82) is 0 Å². The number of hydrogen-bond acceptors (Lipinski definition) is 5. The van der Waals surface area contributed by atoms with Gasteiger partial charge in [-0.15, -0.1) is 0 Å². The van der Waals surface area contributed by atoms with Gasteiger partial charge in [-0.25, -0.2) is 4.98 Å². The maximum atomic E-state index is 5.67. The third-order valence-corrected chi connectivity index (χ3v) is 2.19. The molecule has 1 aromatic heterocycles. The van der Waals surface area contributed by atoms with Crippen LogP contribution in [-0.4, -0.2) is 33.0 Å². The van der Waals surface area contributed by atoms with E-state index >= 15 is 0 Å². The maximum absolute atomic E-state index is 5.67. The van der Waals surface area contributed by atoms with Crippen molar-refractivity contribution < 1.29 is 4.74 Å². The van der Waals surface area contributed by atoms with E-state index < -0.39 is 0 Å². The number of nitrogens with one attached hydrogen (secondary N) is 1. The van der Waals surface area contributed by atoms with Gasteiger partial charge in [0.25, 0.3) is 0 Å². The van der Waals surface area contributed by atoms with Crippen LogP contribution in [0.3, 0.4) is 0 Å². The first-order valence-corrected chi connectivity index (χ1v) is 5.35. The number of aryl methyl sites for hydroxylation is 1. The molecule has 0 fully saturated rings. The van der Waals surface area contributed by atoms with E-state index in [-0.39, 0.29) is 11.6 Å². The van der Waals surface area contributed by atoms with Crippen LogP contribution < -0.4 is 11.3 Å². The van der Waals surface area contributed by atoms with E-state index in [9.17, 15) is 0 Å². The minimum Gasteiger partial charge on any atom is -0.374 e. The van der Waals surface area contributed by atoms with Crippen LogP contribution in [-0.2, 0) is 18.2 Å². The van der Waals surface area contributed by atoms with Gasteiger partial charge in [0, 0.05) is 13.5 Å². The van der Waals surface area contributed by atoms with Gasteiger partial charge in [-0.2, -0.15) is 5.10 Å². The smallest absolute Gasteiger partial charge is 0.138 e. The molecule has 0 radical (unpaired) electrons. The molecular formula is C10H21N5O. The zero-order valence-corrected chi connectivity index (χ0v) is 10.4. The number of nitrogens with two attached hydrogens (primary N) is 1. The molecule has 1 heterocycles. The molecule has 0 aliphatic heterocycles. The third-order valence-electron chi connectivity index (χ3n) is 2.19. The van der Waals surface area contributed by atoms with Gasteiger partial charge < -0.3 is 4.74 Å². The van der Waals surface area contributed by atoms with Crippen molar-refractivity contribution in [3.8, 4) is 0 Å². The Labute approximate surface area is 96.2 Å². The van der Waals surface area contributed by atoms with Crippen molar-refractivity contribution in [2.45, 2.75) is 38.8 Å². The van der Waals surface area contributed by atoms with Gasteiger partial charge in [-0.05, 0) is 20.8 Å². The van der Waals surface area contributed by atoms with Gasteiger partial charge in [0.05, 0.1) is 18.2 Å². The van der Waals surface area contributed by atoms with Crippen LogP contribution in [0.5, 0.6) is 0 Å². The lowest BCUT2D eigenvalue weighted by Gasteiger charge is -2.23. The highest BCUT2D eigenvalue weighted by molar-refractivity contribution is 4.88. The van der Waals surface area contributed by atoms with Crippen molar-refractivity contribution in [2.24, 2.45) is 12.9 Å². The number of aromatic nitrogens is 3. The fourth-order valence-corrected chi connectivity index (χ4v) is 1.24. The topological polar surface area (TPSA) is 78.0 Å². The molecule has 0 aliphatic carbocycles. The summed E-state index contributed by atoms with van der Waals surface area (Å²) < 4.78 is 7.41. The van der Waals surface area contributed by atoms with Gasteiger partial charge in [0.2, 0.25) is 0 Å². The number of nitrogens with zero attached hydrogens (tertiary/aromatic N) is 3. The van der Waals surface area contributed by atoms with E-state index in [1.807, 2.05) is 27.8 Å². The Bertz CT molecular complexity index is 317. The molecule has 0 saturated carbocycles. The van der Waals surface area contributed by atoms with Crippen LogP contribution in [0.2, 0.25) is 0 Å². The van der Waals surface area contributed by atoms with Crippen molar-refractivity contribution in [1.82, 2.24) is 20.2 Å². The number of hydrazine groups is 1. The fraction of sp³-hybridized carbons (Fsp3) is 0.800. The summed E-state index contributed by atoms with van der Waals surface area (Å²) in [5.41, 5.74) is 2.58. The van der Waals surface area contributed by atoms with E-state index in [1.54, 1.807) is 4.68 Å². The first kappa shape index (κ1) is 13.1. The van der Waals surface area contributed by atoms with Gasteiger partial charge in [0.1, 0.15) is 12.2 Å². The summed E-state index contributed by atoms with van der Waals surface area (Å²) in [7, 11) is 1.86. The lowest BCUT2D eigenvalue weighted by Crippen LogP contribution is -2.42. The van der Waals surface area contributed by atoms with E-state index in [2.05, 4.69) is 15.5 Å². The van der Waals surface area contributed by atoms with Gasteiger partial charge in [-0.1, -0.05) is 0 Å². The standard InChI is InChI=1S/C10H21N5O/c1-10(2,3)16-6-8(14-11)5-9-12-7-13-15(9)4/h7-8,14H,5-6,11H2,1-4H3. The Kier molecular flexibility index (Phi) is 4.40. The lowest BCUT2D eigenvalue weighted by molar-refractivity contribution is -0.0146. The molecule has 1 aromatic rings. The van der Waals surface area contributed by atoms with Gasteiger partial charge in [-0.3, -0.25) is 16.0 Å². The average molecular weight is 227 g/mol. The SMILES string of the molecule is Cn1ncnc1CC(COC(C)(C)C)NN. The monoisotopic (exact) mass is 227 g/mol. The molecule has 3 N–H and O–H groups in total. The number of rotatable bonds is 5. The van der Waals surface area contributed by atoms with Crippen LogP contribution in [0.4, 0.5) is 0 Å². The van der Waals surface area contributed by atoms with E-state index in [0.29, 0.717) is 13.0 Å². The Morgan fingerprint density at radius 3 is 2.69 bits per heavy atom. The van der Waals surface area contributed by atoms with Crippen LogP contribution in [0.15, 0.2) is 6.33 Å². The first-order chi connectivity index (χ1) is 7.42. The molecule has 0 saturated heterocycles. The number of ether oxygens (including phenoxy) is 1. The van der Waals surface area contributed by atoms with E-state index in [1.165, 1.54) is 6.33 Å². The van der Waals surface area contributed by atoms with Crippen molar-refractivity contribution >= 4 is 0 Å². The molecule has 1 atom stereocenters. The third kappa shape index (κ3) is 4.26. The molecule has 6 heteroatoms. The molecule has 0 aromatic carbocycles. The van der Waals surface area contributed by atoms with Crippen molar-refractivity contribution in [3.63, 3.8) is 0 Å². The summed E-state index contributed by atoms with van der Waals surface area (Å²) in [6.45, 7) is 6.60. The Morgan fingerprint density at radius 2 is 2.25 bits per heavy atom. The molecule has 1 unspecified atom stereocenters. The highest BCUT2D eigenvalue weighted by atomic mass is 16.5. The first-order valence-electron chi connectivity index (χ1n) is 5.35. The zero-order valence-electron chi connectivity index (χ0n) is 10.4.